The van der Waals surface area contributed by atoms with Gasteiger partial charge in [0.2, 0.25) is 0 Å². The van der Waals surface area contributed by atoms with Crippen LogP contribution >= 0.6 is 0 Å². The highest BCUT2D eigenvalue weighted by molar-refractivity contribution is 5.45. The monoisotopic (exact) mass is 287 g/mol. The third kappa shape index (κ3) is 3.23. The van der Waals surface area contributed by atoms with Crippen LogP contribution in [0.4, 0.5) is 5.82 Å². The van der Waals surface area contributed by atoms with Gasteiger partial charge in [0.1, 0.15) is 5.82 Å². The molecule has 0 unspecified atom stereocenters. The second-order valence-corrected chi connectivity index (χ2v) is 7.14. The molecule has 0 saturated carbocycles. The summed E-state index contributed by atoms with van der Waals surface area (Å²) in [7, 11) is 0. The first-order valence-electron chi connectivity index (χ1n) is 8.60. The van der Waals surface area contributed by atoms with Crippen molar-refractivity contribution in [3.05, 3.63) is 23.4 Å². The molecule has 0 aromatic carbocycles. The maximum absolute atomic E-state index is 4.78. The summed E-state index contributed by atoms with van der Waals surface area (Å²) in [4.78, 5) is 9.86. The van der Waals surface area contributed by atoms with Gasteiger partial charge in [0, 0.05) is 31.9 Å². The molecule has 3 nitrogen and oxygen atoms in total. The summed E-state index contributed by atoms with van der Waals surface area (Å²) in [6, 6.07) is 2.90. The summed E-state index contributed by atoms with van der Waals surface area (Å²) in [5.41, 5.74) is 2.88. The van der Waals surface area contributed by atoms with Crippen molar-refractivity contribution in [3.63, 3.8) is 0 Å². The number of anilines is 1. The van der Waals surface area contributed by atoms with Gasteiger partial charge in [0.25, 0.3) is 0 Å². The molecular formula is C18H29N3. The van der Waals surface area contributed by atoms with E-state index in [1.54, 1.807) is 0 Å². The van der Waals surface area contributed by atoms with Gasteiger partial charge in [-0.05, 0) is 62.3 Å². The Morgan fingerprint density at radius 2 is 1.95 bits per heavy atom. The minimum Gasteiger partial charge on any atom is -0.357 e. The van der Waals surface area contributed by atoms with Crippen molar-refractivity contribution in [3.8, 4) is 0 Å². The molecule has 3 rings (SSSR count). The molecule has 0 bridgehead atoms. The third-order valence-electron chi connectivity index (χ3n) is 4.89. The molecule has 116 valence electrons. The molecule has 2 aliphatic heterocycles. The second kappa shape index (κ2) is 6.35. The minimum atomic E-state index is 0.590. The van der Waals surface area contributed by atoms with Crippen molar-refractivity contribution < 1.29 is 0 Å². The molecule has 0 radical (unpaired) electrons. The van der Waals surface area contributed by atoms with Gasteiger partial charge in [-0.15, -0.1) is 0 Å². The van der Waals surface area contributed by atoms with E-state index in [1.165, 1.54) is 68.8 Å². The molecule has 0 N–H and O–H groups in total. The number of likely N-dealkylation sites (tertiary alicyclic amines) is 1. The minimum absolute atomic E-state index is 0.590. The molecule has 0 aliphatic carbocycles. The Bertz CT molecular complexity index is 477. The summed E-state index contributed by atoms with van der Waals surface area (Å²) in [5, 5.41) is 0. The molecule has 1 aromatic rings. The Kier molecular flexibility index (Phi) is 4.48. The fraction of sp³-hybridized carbons (Fsp3) is 0.722. The Labute approximate surface area is 129 Å². The summed E-state index contributed by atoms with van der Waals surface area (Å²) in [6.07, 6.45) is 7.40. The zero-order valence-electron chi connectivity index (χ0n) is 13.8. The molecule has 0 spiro atoms. The van der Waals surface area contributed by atoms with Crippen LogP contribution in [0.15, 0.2) is 12.3 Å². The maximum Gasteiger partial charge on any atom is 0.128 e. The van der Waals surface area contributed by atoms with E-state index >= 15 is 0 Å². The van der Waals surface area contributed by atoms with Gasteiger partial charge in [0.15, 0.2) is 0 Å². The second-order valence-electron chi connectivity index (χ2n) is 7.14. The largest absolute Gasteiger partial charge is 0.357 e. The fourth-order valence-corrected chi connectivity index (χ4v) is 3.89. The van der Waals surface area contributed by atoms with Gasteiger partial charge < -0.3 is 4.90 Å². The predicted octanol–water partition coefficient (Wildman–Crippen LogP) is 3.78. The first-order chi connectivity index (χ1) is 10.1. The molecule has 21 heavy (non-hydrogen) atoms. The average molecular weight is 287 g/mol. The number of aromatic nitrogens is 1. The highest BCUT2D eigenvalue weighted by atomic mass is 15.2. The molecule has 3 heterocycles. The van der Waals surface area contributed by atoms with Gasteiger partial charge in [-0.2, -0.15) is 0 Å². The van der Waals surface area contributed by atoms with Crippen molar-refractivity contribution in [1.82, 2.24) is 9.88 Å². The highest BCUT2D eigenvalue weighted by Crippen LogP contribution is 2.34. The van der Waals surface area contributed by atoms with E-state index in [2.05, 4.69) is 42.8 Å². The lowest BCUT2D eigenvalue weighted by Gasteiger charge is -2.28. The number of hydrogen-bond donors (Lipinski definition) is 0. The summed E-state index contributed by atoms with van der Waals surface area (Å²) >= 11 is 0. The molecule has 0 amide bonds. The van der Waals surface area contributed by atoms with Crippen molar-refractivity contribution >= 4 is 5.82 Å². The van der Waals surface area contributed by atoms with Crippen LogP contribution in [0.3, 0.4) is 0 Å². The Balaban J connectivity index is 1.78. The lowest BCUT2D eigenvalue weighted by atomic mass is 10.0. The van der Waals surface area contributed by atoms with E-state index in [1.807, 2.05) is 0 Å². The van der Waals surface area contributed by atoms with E-state index < -0.39 is 0 Å². The van der Waals surface area contributed by atoms with Crippen LogP contribution < -0.4 is 4.90 Å². The maximum atomic E-state index is 4.78. The van der Waals surface area contributed by atoms with Crippen molar-refractivity contribution in [2.75, 3.05) is 31.1 Å². The topological polar surface area (TPSA) is 19.4 Å². The van der Waals surface area contributed by atoms with Crippen LogP contribution in [0.25, 0.3) is 0 Å². The van der Waals surface area contributed by atoms with Gasteiger partial charge in [-0.1, -0.05) is 13.8 Å². The third-order valence-corrected chi connectivity index (χ3v) is 4.89. The first kappa shape index (κ1) is 14.8. The smallest absolute Gasteiger partial charge is 0.128 e. The lowest BCUT2D eigenvalue weighted by Crippen LogP contribution is -2.28. The Hall–Kier alpha value is -1.09. The van der Waals surface area contributed by atoms with Crippen molar-refractivity contribution in [2.45, 2.75) is 52.5 Å². The van der Waals surface area contributed by atoms with Gasteiger partial charge in [-0.25, -0.2) is 4.98 Å². The number of hydrogen-bond acceptors (Lipinski definition) is 3. The van der Waals surface area contributed by atoms with Crippen LogP contribution in [-0.4, -0.2) is 36.1 Å². The quantitative estimate of drug-likeness (QED) is 0.840. The molecule has 1 aromatic heterocycles. The zero-order chi connectivity index (χ0) is 14.8. The number of pyridine rings is 1. The first-order valence-corrected chi connectivity index (χ1v) is 8.60. The zero-order valence-corrected chi connectivity index (χ0v) is 13.8. The summed E-state index contributed by atoms with van der Waals surface area (Å²) < 4.78 is 0. The number of nitrogens with zero attached hydrogens (tertiary/aromatic N) is 3. The van der Waals surface area contributed by atoms with Crippen molar-refractivity contribution in [1.29, 1.82) is 0 Å². The fourth-order valence-electron chi connectivity index (χ4n) is 3.89. The van der Waals surface area contributed by atoms with Crippen LogP contribution in [0.2, 0.25) is 0 Å². The van der Waals surface area contributed by atoms with Gasteiger partial charge in [-0.3, -0.25) is 4.90 Å². The van der Waals surface area contributed by atoms with E-state index in [0.29, 0.717) is 6.04 Å². The van der Waals surface area contributed by atoms with Crippen LogP contribution in [-0.2, 0) is 0 Å². The van der Waals surface area contributed by atoms with Gasteiger partial charge in [0.05, 0.1) is 0 Å². The van der Waals surface area contributed by atoms with E-state index in [9.17, 15) is 0 Å². The van der Waals surface area contributed by atoms with E-state index in [-0.39, 0.29) is 0 Å². The van der Waals surface area contributed by atoms with Crippen molar-refractivity contribution in [2.24, 2.45) is 5.92 Å². The van der Waals surface area contributed by atoms with Crippen LogP contribution in [0.1, 0.15) is 56.7 Å². The molecule has 2 fully saturated rings. The highest BCUT2D eigenvalue weighted by Gasteiger charge is 2.28. The Morgan fingerprint density at radius 1 is 1.19 bits per heavy atom. The predicted molar refractivity (Wildman–Crippen MR) is 88.8 cm³/mol. The number of aryl methyl sites for hydroxylation is 1. The van der Waals surface area contributed by atoms with Crippen LogP contribution in [0, 0.1) is 12.8 Å². The summed E-state index contributed by atoms with van der Waals surface area (Å²) in [6.45, 7) is 11.7. The lowest BCUT2D eigenvalue weighted by molar-refractivity contribution is 0.228. The normalized spacial score (nSPS) is 23.4. The SMILES string of the molecule is Cc1cc(N2CCCC2)ncc1[C@@H]1CCCN1CC(C)C. The van der Waals surface area contributed by atoms with E-state index in [4.69, 9.17) is 4.98 Å². The molecule has 3 heteroatoms. The van der Waals surface area contributed by atoms with Crippen LogP contribution in [0.5, 0.6) is 0 Å². The number of rotatable bonds is 4. The Morgan fingerprint density at radius 3 is 2.62 bits per heavy atom. The molecule has 2 saturated heterocycles. The molecular weight excluding hydrogens is 258 g/mol. The molecule has 1 atom stereocenters. The summed E-state index contributed by atoms with van der Waals surface area (Å²) in [5.74, 6) is 1.92. The molecule has 2 aliphatic rings. The van der Waals surface area contributed by atoms with E-state index in [0.717, 1.165) is 5.92 Å². The average Bonchev–Trinajstić information content (AvgIpc) is 3.09. The standard InChI is InChI=1S/C18H29N3/c1-14(2)13-21-10-6-7-17(21)16-12-19-18(11-15(16)3)20-8-4-5-9-20/h11-12,14,17H,4-10,13H2,1-3H3/t17-/m0/s1. The van der Waals surface area contributed by atoms with Gasteiger partial charge >= 0.3 is 0 Å².